The third kappa shape index (κ3) is 3.52. The fourth-order valence-electron chi connectivity index (χ4n) is 3.30. The predicted octanol–water partition coefficient (Wildman–Crippen LogP) is 3.70. The maximum absolute atomic E-state index is 13.1. The van der Waals surface area contributed by atoms with E-state index < -0.39 is 5.41 Å². The summed E-state index contributed by atoms with van der Waals surface area (Å²) in [6.45, 7) is 1.90. The first-order valence-electron chi connectivity index (χ1n) is 8.41. The molecular formula is C18H23N3O3S. The monoisotopic (exact) mass is 361 g/mol. The molecule has 0 bridgehead atoms. The molecule has 1 unspecified atom stereocenters. The van der Waals surface area contributed by atoms with Crippen LogP contribution in [0, 0.1) is 0 Å². The molecule has 1 amide bonds. The standard InChI is InChI=1S/C18H23N3O3S/c1-12(23-2)15-20-21-17(25-15)19-16(22)18(10-4-5-11-18)13-6-8-14(24-3)9-7-13/h6-9,12H,4-5,10-11H2,1-3H3,(H,19,21,22). The number of ether oxygens (including phenoxy) is 2. The lowest BCUT2D eigenvalue weighted by atomic mass is 9.78. The van der Waals surface area contributed by atoms with Gasteiger partial charge in [-0.2, -0.15) is 0 Å². The molecule has 1 fully saturated rings. The number of hydrogen-bond acceptors (Lipinski definition) is 6. The van der Waals surface area contributed by atoms with E-state index in [4.69, 9.17) is 9.47 Å². The van der Waals surface area contributed by atoms with Crippen LogP contribution in [0.15, 0.2) is 24.3 Å². The zero-order valence-electron chi connectivity index (χ0n) is 14.7. The molecule has 6 nitrogen and oxygen atoms in total. The molecule has 1 N–H and O–H groups in total. The molecule has 0 saturated heterocycles. The summed E-state index contributed by atoms with van der Waals surface area (Å²) in [5.41, 5.74) is 0.517. The summed E-state index contributed by atoms with van der Waals surface area (Å²) < 4.78 is 10.5. The number of carbonyl (C=O) groups excluding carboxylic acids is 1. The normalized spacial score (nSPS) is 17.2. The maximum Gasteiger partial charge on any atom is 0.236 e. The van der Waals surface area contributed by atoms with Crippen LogP contribution in [-0.2, 0) is 14.9 Å². The lowest BCUT2D eigenvalue weighted by molar-refractivity contribution is -0.121. The Morgan fingerprint density at radius 3 is 2.48 bits per heavy atom. The van der Waals surface area contributed by atoms with Gasteiger partial charge < -0.3 is 9.47 Å². The summed E-state index contributed by atoms with van der Waals surface area (Å²) in [6, 6.07) is 7.79. The average molecular weight is 361 g/mol. The molecular weight excluding hydrogens is 338 g/mol. The van der Waals surface area contributed by atoms with E-state index in [2.05, 4.69) is 15.5 Å². The Bertz CT molecular complexity index is 723. The number of amides is 1. The Hall–Kier alpha value is -1.99. The highest BCUT2D eigenvalue weighted by Gasteiger charge is 2.43. The summed E-state index contributed by atoms with van der Waals surface area (Å²) in [5.74, 6) is 0.780. The van der Waals surface area contributed by atoms with Crippen LogP contribution in [0.1, 0.15) is 49.3 Å². The Balaban J connectivity index is 1.82. The van der Waals surface area contributed by atoms with Crippen LogP contribution < -0.4 is 10.1 Å². The van der Waals surface area contributed by atoms with Gasteiger partial charge in [-0.3, -0.25) is 10.1 Å². The van der Waals surface area contributed by atoms with Crippen LogP contribution in [0.3, 0.4) is 0 Å². The van der Waals surface area contributed by atoms with Crippen LogP contribution in [0.4, 0.5) is 5.13 Å². The van der Waals surface area contributed by atoms with Crippen molar-refractivity contribution in [2.75, 3.05) is 19.5 Å². The molecule has 0 aliphatic heterocycles. The van der Waals surface area contributed by atoms with E-state index in [0.29, 0.717) is 5.13 Å². The number of benzene rings is 1. The molecule has 1 saturated carbocycles. The summed E-state index contributed by atoms with van der Waals surface area (Å²) in [7, 11) is 3.27. The van der Waals surface area contributed by atoms with Crippen LogP contribution in [0.2, 0.25) is 0 Å². The first-order chi connectivity index (χ1) is 12.1. The highest BCUT2D eigenvalue weighted by Crippen LogP contribution is 2.42. The second-order valence-corrected chi connectivity index (χ2v) is 7.30. The van der Waals surface area contributed by atoms with E-state index in [1.165, 1.54) is 11.3 Å². The maximum atomic E-state index is 13.1. The first-order valence-corrected chi connectivity index (χ1v) is 9.23. The molecule has 7 heteroatoms. The van der Waals surface area contributed by atoms with Gasteiger partial charge in [-0.15, -0.1) is 10.2 Å². The third-order valence-electron chi connectivity index (χ3n) is 4.90. The van der Waals surface area contributed by atoms with Crippen LogP contribution >= 0.6 is 11.3 Å². The second kappa shape index (κ2) is 7.49. The van der Waals surface area contributed by atoms with Crippen molar-refractivity contribution in [2.24, 2.45) is 0 Å². The molecule has 1 aliphatic rings. The average Bonchev–Trinajstić information content (AvgIpc) is 3.31. The first kappa shape index (κ1) is 17.8. The van der Waals surface area contributed by atoms with Crippen molar-refractivity contribution < 1.29 is 14.3 Å². The van der Waals surface area contributed by atoms with Crippen molar-refractivity contribution in [1.82, 2.24) is 10.2 Å². The zero-order valence-corrected chi connectivity index (χ0v) is 15.6. The summed E-state index contributed by atoms with van der Waals surface area (Å²) in [4.78, 5) is 13.1. The minimum atomic E-state index is -0.509. The quantitative estimate of drug-likeness (QED) is 0.849. The number of methoxy groups -OCH3 is 2. The number of rotatable bonds is 6. The van der Waals surface area contributed by atoms with Crippen molar-refractivity contribution >= 4 is 22.4 Å². The Morgan fingerprint density at radius 2 is 1.88 bits per heavy atom. The fraction of sp³-hybridized carbons (Fsp3) is 0.500. The van der Waals surface area contributed by atoms with Gasteiger partial charge in [-0.1, -0.05) is 36.3 Å². The second-order valence-electron chi connectivity index (χ2n) is 6.30. The van der Waals surface area contributed by atoms with Crippen LogP contribution in [-0.4, -0.2) is 30.3 Å². The number of anilines is 1. The SMILES string of the molecule is COc1ccc(C2(C(=O)Nc3nnc(C(C)OC)s3)CCCC2)cc1. The van der Waals surface area contributed by atoms with Gasteiger partial charge in [0.1, 0.15) is 16.9 Å². The van der Waals surface area contributed by atoms with E-state index in [-0.39, 0.29) is 12.0 Å². The number of carbonyl (C=O) groups is 1. The van der Waals surface area contributed by atoms with Gasteiger partial charge in [-0.05, 0) is 37.5 Å². The van der Waals surface area contributed by atoms with Crippen molar-refractivity contribution in [1.29, 1.82) is 0 Å². The Labute approximate surface area is 151 Å². The lowest BCUT2D eigenvalue weighted by Crippen LogP contribution is -2.37. The number of aromatic nitrogens is 2. The molecule has 1 aliphatic carbocycles. The molecule has 1 heterocycles. The summed E-state index contributed by atoms with van der Waals surface area (Å²) in [5, 5.41) is 12.4. The highest BCUT2D eigenvalue weighted by molar-refractivity contribution is 7.15. The molecule has 0 spiro atoms. The minimum Gasteiger partial charge on any atom is -0.497 e. The molecule has 3 rings (SSSR count). The molecule has 134 valence electrons. The number of hydrogen-bond donors (Lipinski definition) is 1. The van der Waals surface area contributed by atoms with Gasteiger partial charge in [0.05, 0.1) is 12.5 Å². The summed E-state index contributed by atoms with van der Waals surface area (Å²) >= 11 is 1.35. The largest absolute Gasteiger partial charge is 0.497 e. The van der Waals surface area contributed by atoms with Gasteiger partial charge >= 0.3 is 0 Å². The predicted molar refractivity (Wildman–Crippen MR) is 97.1 cm³/mol. The zero-order chi connectivity index (χ0) is 17.9. The van der Waals surface area contributed by atoms with Crippen LogP contribution in [0.25, 0.3) is 0 Å². The van der Waals surface area contributed by atoms with E-state index in [1.54, 1.807) is 14.2 Å². The van der Waals surface area contributed by atoms with E-state index in [9.17, 15) is 4.79 Å². The van der Waals surface area contributed by atoms with E-state index >= 15 is 0 Å². The van der Waals surface area contributed by atoms with Gasteiger partial charge in [0.15, 0.2) is 0 Å². The van der Waals surface area contributed by atoms with Gasteiger partial charge in [0, 0.05) is 7.11 Å². The van der Waals surface area contributed by atoms with Gasteiger partial charge in [0.25, 0.3) is 0 Å². The smallest absolute Gasteiger partial charge is 0.236 e. The van der Waals surface area contributed by atoms with Crippen LogP contribution in [0.5, 0.6) is 5.75 Å². The van der Waals surface area contributed by atoms with Gasteiger partial charge in [0.2, 0.25) is 11.0 Å². The highest BCUT2D eigenvalue weighted by atomic mass is 32.1. The molecule has 1 aromatic heterocycles. The Kier molecular flexibility index (Phi) is 5.34. The van der Waals surface area contributed by atoms with Crippen molar-refractivity contribution in [2.45, 2.75) is 44.1 Å². The van der Waals surface area contributed by atoms with Gasteiger partial charge in [-0.25, -0.2) is 0 Å². The van der Waals surface area contributed by atoms with Crippen molar-refractivity contribution in [3.05, 3.63) is 34.8 Å². The number of nitrogens with one attached hydrogen (secondary N) is 1. The Morgan fingerprint density at radius 1 is 1.20 bits per heavy atom. The summed E-state index contributed by atoms with van der Waals surface area (Å²) in [6.07, 6.45) is 3.63. The van der Waals surface area contributed by atoms with E-state index in [1.807, 2.05) is 31.2 Å². The van der Waals surface area contributed by atoms with Crippen molar-refractivity contribution in [3.8, 4) is 5.75 Å². The topological polar surface area (TPSA) is 73.3 Å². The minimum absolute atomic E-state index is 0.0112. The molecule has 2 aromatic rings. The van der Waals surface area contributed by atoms with E-state index in [0.717, 1.165) is 42.0 Å². The molecule has 25 heavy (non-hydrogen) atoms. The molecule has 0 radical (unpaired) electrons. The fourth-order valence-corrected chi connectivity index (χ4v) is 4.07. The molecule has 1 aromatic carbocycles. The lowest BCUT2D eigenvalue weighted by Gasteiger charge is -2.27. The number of nitrogens with zero attached hydrogens (tertiary/aromatic N) is 2. The van der Waals surface area contributed by atoms with Crippen molar-refractivity contribution in [3.63, 3.8) is 0 Å². The molecule has 1 atom stereocenters. The third-order valence-corrected chi connectivity index (χ3v) is 5.90.